The monoisotopic (exact) mass is 330 g/mol. The maximum Gasteiger partial charge on any atom is 0.315 e. The van der Waals surface area contributed by atoms with Gasteiger partial charge in [0.15, 0.2) is 0 Å². The molecular weight excluding hydrogens is 304 g/mol. The predicted molar refractivity (Wildman–Crippen MR) is 91.3 cm³/mol. The van der Waals surface area contributed by atoms with Gasteiger partial charge in [0.2, 0.25) is 0 Å². The molecule has 1 spiro atoms. The number of nitrogens with one attached hydrogen (secondary N) is 2. The molecule has 5 heteroatoms. The molecule has 1 aliphatic carbocycles. The van der Waals surface area contributed by atoms with Crippen LogP contribution in [-0.2, 0) is 4.74 Å². The van der Waals surface area contributed by atoms with Crippen molar-refractivity contribution in [3.8, 4) is 5.75 Å². The molecule has 2 N–H and O–H groups in total. The SMILES string of the molecule is Cc1ccc2c(c1)[C@@H](NC(=O)N[C@@H]1CCOC3(CCCC3)C1)CO2. The van der Waals surface area contributed by atoms with E-state index in [1.54, 1.807) is 0 Å². The summed E-state index contributed by atoms with van der Waals surface area (Å²) in [6.45, 7) is 3.31. The Balaban J connectivity index is 1.35. The zero-order valence-electron chi connectivity index (χ0n) is 14.3. The maximum atomic E-state index is 12.4. The molecule has 1 saturated carbocycles. The summed E-state index contributed by atoms with van der Waals surface area (Å²) >= 11 is 0. The van der Waals surface area contributed by atoms with Crippen molar-refractivity contribution in [1.82, 2.24) is 10.6 Å². The summed E-state index contributed by atoms with van der Waals surface area (Å²) in [7, 11) is 0. The fourth-order valence-corrected chi connectivity index (χ4v) is 4.36. The van der Waals surface area contributed by atoms with Crippen LogP contribution in [0.3, 0.4) is 0 Å². The van der Waals surface area contributed by atoms with Crippen molar-refractivity contribution in [2.45, 2.75) is 63.1 Å². The number of ether oxygens (including phenoxy) is 2. The van der Waals surface area contributed by atoms with Gasteiger partial charge in [0, 0.05) is 18.2 Å². The van der Waals surface area contributed by atoms with E-state index >= 15 is 0 Å². The Hall–Kier alpha value is -1.75. The van der Waals surface area contributed by atoms with Gasteiger partial charge in [-0.25, -0.2) is 4.79 Å². The zero-order chi connectivity index (χ0) is 16.6. The van der Waals surface area contributed by atoms with Gasteiger partial charge in [-0.3, -0.25) is 0 Å². The van der Waals surface area contributed by atoms with Crippen LogP contribution in [0.5, 0.6) is 5.75 Å². The first-order valence-corrected chi connectivity index (χ1v) is 9.08. The molecule has 1 saturated heterocycles. The molecule has 1 aromatic rings. The molecule has 2 atom stereocenters. The third kappa shape index (κ3) is 3.09. The number of fused-ring (bicyclic) bond motifs is 1. The van der Waals surface area contributed by atoms with Crippen molar-refractivity contribution in [3.05, 3.63) is 29.3 Å². The van der Waals surface area contributed by atoms with Crippen LogP contribution in [0.15, 0.2) is 18.2 Å². The maximum absolute atomic E-state index is 12.4. The molecule has 3 aliphatic rings. The van der Waals surface area contributed by atoms with Gasteiger partial charge in [0.1, 0.15) is 12.4 Å². The highest BCUT2D eigenvalue weighted by molar-refractivity contribution is 5.75. The van der Waals surface area contributed by atoms with E-state index in [9.17, 15) is 4.79 Å². The third-order valence-electron chi connectivity index (χ3n) is 5.59. The minimum Gasteiger partial charge on any atom is -0.491 e. The molecule has 2 amide bonds. The van der Waals surface area contributed by atoms with Gasteiger partial charge in [0.05, 0.1) is 11.6 Å². The summed E-state index contributed by atoms with van der Waals surface area (Å²) < 4.78 is 11.7. The molecule has 1 aromatic carbocycles. The van der Waals surface area contributed by atoms with Crippen LogP contribution in [0.2, 0.25) is 0 Å². The van der Waals surface area contributed by atoms with Crippen molar-refractivity contribution in [2.24, 2.45) is 0 Å². The summed E-state index contributed by atoms with van der Waals surface area (Å²) in [5.74, 6) is 0.877. The first-order chi connectivity index (χ1) is 11.6. The Labute approximate surface area is 143 Å². The van der Waals surface area contributed by atoms with E-state index < -0.39 is 0 Å². The van der Waals surface area contributed by atoms with Crippen molar-refractivity contribution < 1.29 is 14.3 Å². The fraction of sp³-hybridized carbons (Fsp3) is 0.632. The van der Waals surface area contributed by atoms with Crippen LogP contribution in [0.25, 0.3) is 0 Å². The second-order valence-electron chi connectivity index (χ2n) is 7.45. The molecule has 0 bridgehead atoms. The summed E-state index contributed by atoms with van der Waals surface area (Å²) in [6, 6.07) is 6.14. The minimum absolute atomic E-state index is 0.0242. The summed E-state index contributed by atoms with van der Waals surface area (Å²) in [6.07, 6.45) is 6.60. The zero-order valence-corrected chi connectivity index (χ0v) is 14.3. The number of benzene rings is 1. The van der Waals surface area contributed by atoms with E-state index in [0.717, 1.165) is 43.6 Å². The second kappa shape index (κ2) is 6.28. The molecule has 130 valence electrons. The highest BCUT2D eigenvalue weighted by Crippen LogP contribution is 2.40. The van der Waals surface area contributed by atoms with Crippen LogP contribution in [0.4, 0.5) is 4.79 Å². The van der Waals surface area contributed by atoms with Gasteiger partial charge in [-0.05, 0) is 38.7 Å². The van der Waals surface area contributed by atoms with Crippen LogP contribution in [0, 0.1) is 6.92 Å². The molecule has 2 fully saturated rings. The second-order valence-corrected chi connectivity index (χ2v) is 7.45. The molecular formula is C19H26N2O3. The number of urea groups is 1. The quantitative estimate of drug-likeness (QED) is 0.875. The highest BCUT2D eigenvalue weighted by Gasteiger charge is 2.40. The Kier molecular flexibility index (Phi) is 4.12. The summed E-state index contributed by atoms with van der Waals surface area (Å²) in [4.78, 5) is 12.4. The van der Waals surface area contributed by atoms with Crippen molar-refractivity contribution >= 4 is 6.03 Å². The topological polar surface area (TPSA) is 59.6 Å². The van der Waals surface area contributed by atoms with Crippen LogP contribution in [0.1, 0.15) is 55.7 Å². The predicted octanol–water partition coefficient (Wildman–Crippen LogP) is 3.22. The normalized spacial score (nSPS) is 27.5. The summed E-state index contributed by atoms with van der Waals surface area (Å²) in [5.41, 5.74) is 2.28. The van der Waals surface area contributed by atoms with E-state index in [1.807, 2.05) is 12.1 Å². The van der Waals surface area contributed by atoms with Crippen molar-refractivity contribution in [2.75, 3.05) is 13.2 Å². The lowest BCUT2D eigenvalue weighted by molar-refractivity contribution is -0.0820. The van der Waals surface area contributed by atoms with E-state index in [1.165, 1.54) is 18.4 Å². The number of hydrogen-bond acceptors (Lipinski definition) is 3. The highest BCUT2D eigenvalue weighted by atomic mass is 16.5. The first-order valence-electron chi connectivity index (χ1n) is 9.08. The van der Waals surface area contributed by atoms with Gasteiger partial charge in [0.25, 0.3) is 0 Å². The van der Waals surface area contributed by atoms with Crippen LogP contribution >= 0.6 is 0 Å². The standard InChI is InChI=1S/C19H26N2O3/c1-13-4-5-17-15(10-13)16(12-23-17)21-18(22)20-14-6-9-24-19(11-14)7-2-3-8-19/h4-5,10,14,16H,2-3,6-9,11-12H2,1H3,(H2,20,21,22)/t14-,16+/m1/s1. The number of amides is 2. The molecule has 24 heavy (non-hydrogen) atoms. The van der Waals surface area contributed by atoms with Gasteiger partial charge in [-0.2, -0.15) is 0 Å². The van der Waals surface area contributed by atoms with Crippen molar-refractivity contribution in [1.29, 1.82) is 0 Å². The lowest BCUT2D eigenvalue weighted by Gasteiger charge is -2.38. The van der Waals surface area contributed by atoms with Gasteiger partial charge < -0.3 is 20.1 Å². The first kappa shape index (κ1) is 15.8. The number of aryl methyl sites for hydroxylation is 1. The van der Waals surface area contributed by atoms with Gasteiger partial charge >= 0.3 is 6.03 Å². The third-order valence-corrected chi connectivity index (χ3v) is 5.59. The number of carbonyl (C=O) groups is 1. The molecule has 4 rings (SSSR count). The molecule has 0 aromatic heterocycles. The van der Waals surface area contributed by atoms with Crippen molar-refractivity contribution in [3.63, 3.8) is 0 Å². The van der Waals surface area contributed by atoms with E-state index in [2.05, 4.69) is 23.6 Å². The molecule has 2 aliphatic heterocycles. The number of hydrogen-bond donors (Lipinski definition) is 2. The number of rotatable bonds is 2. The Morgan fingerprint density at radius 3 is 2.92 bits per heavy atom. The Morgan fingerprint density at radius 2 is 2.08 bits per heavy atom. The molecule has 0 radical (unpaired) electrons. The van der Waals surface area contributed by atoms with Crippen LogP contribution in [-0.4, -0.2) is 30.9 Å². The minimum atomic E-state index is -0.0991. The van der Waals surface area contributed by atoms with Crippen LogP contribution < -0.4 is 15.4 Å². The lowest BCUT2D eigenvalue weighted by atomic mass is 9.89. The number of carbonyl (C=O) groups excluding carboxylic acids is 1. The smallest absolute Gasteiger partial charge is 0.315 e. The summed E-state index contributed by atoms with van der Waals surface area (Å²) in [5, 5.41) is 6.23. The van der Waals surface area contributed by atoms with E-state index in [-0.39, 0.29) is 23.7 Å². The Morgan fingerprint density at radius 1 is 1.25 bits per heavy atom. The molecule has 5 nitrogen and oxygen atoms in total. The molecule has 2 heterocycles. The molecule has 0 unspecified atom stereocenters. The average molecular weight is 330 g/mol. The average Bonchev–Trinajstić information content (AvgIpc) is 3.15. The largest absolute Gasteiger partial charge is 0.491 e. The van der Waals surface area contributed by atoms with Gasteiger partial charge in [-0.1, -0.05) is 30.5 Å². The van der Waals surface area contributed by atoms with Gasteiger partial charge in [-0.15, -0.1) is 0 Å². The van der Waals surface area contributed by atoms with E-state index in [4.69, 9.17) is 9.47 Å². The van der Waals surface area contributed by atoms with E-state index in [0.29, 0.717) is 6.61 Å². The fourth-order valence-electron chi connectivity index (χ4n) is 4.36. The lowest BCUT2D eigenvalue weighted by Crippen LogP contribution is -2.50. The Bertz CT molecular complexity index is 625.